The second-order valence-corrected chi connectivity index (χ2v) is 33.3. The third kappa shape index (κ3) is 17.3. The average molecular weight is 1390 g/mol. The lowest BCUT2D eigenvalue weighted by Crippen LogP contribution is -2.41. The van der Waals surface area contributed by atoms with Gasteiger partial charge in [0.1, 0.15) is 11.2 Å². The average Bonchev–Trinajstić information content (AvgIpc) is 1.71. The zero-order chi connectivity index (χ0) is 74.1. The predicted octanol–water partition coefficient (Wildman–Crippen LogP) is 13.7. The summed E-state index contributed by atoms with van der Waals surface area (Å²) in [4.78, 5) is 39.3. The Kier molecular flexibility index (Phi) is 23.8. The van der Waals surface area contributed by atoms with E-state index in [9.17, 15) is 30.5 Å². The molecule has 0 saturated carbocycles. The fraction of sp³-hybridized carbons (Fsp3) is 0.446. The summed E-state index contributed by atoms with van der Waals surface area (Å²) in [6, 6.07) is 23.7. The topological polar surface area (TPSA) is 315 Å². The molecule has 528 valence electrons. The smallest absolute Gasteiger partial charge is 0.435 e. The van der Waals surface area contributed by atoms with E-state index in [1.165, 1.54) is 9.36 Å². The van der Waals surface area contributed by atoms with Gasteiger partial charge in [0.25, 0.3) is 0 Å². The van der Waals surface area contributed by atoms with Gasteiger partial charge < -0.3 is 55.6 Å². The number of aromatic nitrogens is 6. The number of dihydropyridines is 3. The second-order valence-electron chi connectivity index (χ2n) is 28.5. The van der Waals surface area contributed by atoms with Crippen LogP contribution in [0.15, 0.2) is 123 Å². The number of nitrogens with zero attached hydrogens (tertiary/aromatic N) is 12. The van der Waals surface area contributed by atoms with Crippen molar-refractivity contribution < 1.29 is 33.3 Å². The molecule has 0 radical (unpaired) electrons. The Hall–Kier alpha value is -10.8. The van der Waals surface area contributed by atoms with E-state index >= 15 is 0 Å². The zero-order valence-corrected chi connectivity index (χ0v) is 61.8. The molecule has 1 saturated heterocycles. The molecule has 8 N–H and O–H groups in total. The van der Waals surface area contributed by atoms with Gasteiger partial charge in [-0.15, -0.1) is 10.2 Å². The Morgan fingerprint density at radius 3 is 1.39 bits per heavy atom. The highest BCUT2D eigenvalue weighted by molar-refractivity contribution is 6.74. The number of nitriles is 3. The van der Waals surface area contributed by atoms with E-state index < -0.39 is 43.5 Å². The molecule has 1 fully saturated rings. The molecule has 0 spiro atoms. The van der Waals surface area contributed by atoms with Gasteiger partial charge in [-0.2, -0.15) is 30.2 Å². The maximum Gasteiger partial charge on any atom is 0.435 e. The van der Waals surface area contributed by atoms with Crippen LogP contribution in [0.2, 0.25) is 18.1 Å². The van der Waals surface area contributed by atoms with Crippen LogP contribution in [-0.2, 0) is 18.6 Å². The largest absolute Gasteiger partial charge is 0.442 e. The molecule has 0 bridgehead atoms. The summed E-state index contributed by atoms with van der Waals surface area (Å²) in [6.45, 7) is 62.2. The molecule has 101 heavy (non-hydrogen) atoms. The third-order valence-corrected chi connectivity index (χ3v) is 22.5. The molecule has 27 heteroatoms. The first-order chi connectivity index (χ1) is 47.7. The highest BCUT2D eigenvalue weighted by Gasteiger charge is 2.38. The second kappa shape index (κ2) is 31.6. The first-order valence-corrected chi connectivity index (χ1v) is 36.3. The van der Waals surface area contributed by atoms with Crippen LogP contribution in [0.4, 0.5) is 27.0 Å². The number of rotatable bonds is 15. The fourth-order valence-electron chi connectivity index (χ4n) is 12.0. The van der Waals surface area contributed by atoms with Gasteiger partial charge in [0.15, 0.2) is 42.9 Å². The Bertz CT molecular complexity index is 4550. The number of carbonyl (C=O) groups is 2. The molecule has 26 nitrogen and oxygen atoms in total. The number of hydrogen-bond donors (Lipinski definition) is 8. The van der Waals surface area contributed by atoms with Gasteiger partial charge in [0, 0.05) is 89.6 Å². The fourth-order valence-corrected chi connectivity index (χ4v) is 13.0. The lowest BCUT2D eigenvalue weighted by molar-refractivity contribution is 0.0398. The molecule has 6 aromatic rings. The van der Waals surface area contributed by atoms with E-state index in [1.807, 2.05) is 98.7 Å². The van der Waals surface area contributed by atoms with Crippen molar-refractivity contribution >= 4 is 70.7 Å². The highest BCUT2D eigenvalue weighted by atomic mass is 28.4. The van der Waals surface area contributed by atoms with E-state index in [4.69, 9.17) is 38.4 Å². The molecule has 3 aromatic carbocycles. The molecular formula is C74H91N19O7Si. The molecule has 4 aliphatic heterocycles. The summed E-state index contributed by atoms with van der Waals surface area (Å²) in [6.07, 6.45) is -1.21. The van der Waals surface area contributed by atoms with Crippen molar-refractivity contribution in [3.05, 3.63) is 174 Å². The van der Waals surface area contributed by atoms with Crippen LogP contribution in [0.25, 0.3) is 47.2 Å². The number of morpholine rings is 1. The summed E-state index contributed by atoms with van der Waals surface area (Å²) in [5.74, 6) is 0.291. The van der Waals surface area contributed by atoms with E-state index in [0.717, 1.165) is 95.6 Å². The van der Waals surface area contributed by atoms with Crippen molar-refractivity contribution in [2.24, 2.45) is 0 Å². The number of aliphatic hydroxyl groups is 1. The summed E-state index contributed by atoms with van der Waals surface area (Å²) < 4.78 is 25.2. The minimum atomic E-state index is -1.92. The molecule has 7 heterocycles. The summed E-state index contributed by atoms with van der Waals surface area (Å²) >= 11 is 0. The van der Waals surface area contributed by atoms with Crippen molar-refractivity contribution in [3.63, 3.8) is 0 Å². The molecule has 0 aliphatic carbocycles. The first kappa shape index (κ1) is 76.0. The van der Waals surface area contributed by atoms with Crippen LogP contribution >= 0.6 is 0 Å². The third-order valence-electron chi connectivity index (χ3n) is 17.9. The van der Waals surface area contributed by atoms with Crippen molar-refractivity contribution in [1.29, 1.82) is 15.8 Å². The maximum absolute atomic E-state index is 13.1. The maximum atomic E-state index is 13.1. The predicted molar refractivity (Wildman–Crippen MR) is 392 cm³/mol. The van der Waals surface area contributed by atoms with Crippen molar-refractivity contribution in [1.82, 2.24) is 50.6 Å². The number of fused-ring (bicyclic) bond motifs is 3. The van der Waals surface area contributed by atoms with Gasteiger partial charge in [-0.3, -0.25) is 10.00 Å². The standard InChI is InChI=1S/C29H40N6O3Si.C23H26N6O3.C22H25N7O/c1-18-22(17-30)24(25(31-9)19(2)33-18)20-12-13-23-21(16-20)26(34-35(23)27(36)38-28(3,4)5)32-14-15-37-39(10,11)29(6,7)8;1-13-17(12-24)19(20(25-6)14(2)27-13)15-7-8-18-16(11-15)21(26-9-10-30)28-29(18)22(31)32-23(3,4)5;1-14-18(13-23)20(21(24-3)15(2)26-14)16-4-5-19-17(12-16)22(28-27-19)25-6-7-29-8-10-30-11-9-29/h12-13,16,24,33H,14-15H2,1-8,10-11H3,(H,32,34);7-8,11,19,27,30H,9-10H2,1-5H3,(H,26,28);4-5,12,20,26H,6-11H2,1-2H3,(H2,25,27,28). The van der Waals surface area contributed by atoms with Gasteiger partial charge in [0.05, 0.1) is 115 Å². The Labute approximate surface area is 592 Å². The number of benzene rings is 3. The minimum Gasteiger partial charge on any atom is -0.442 e. The SMILES string of the molecule is [C-]#[N+]C1=C(C)NC(C)=C(C#N)C1c1ccc2[nH]nc(NCCN3CCOCC3)c2c1.[C-]#[N+]C1=C(C)NC(C)=C(C#N)C1c1ccc2c(c1)c(NCCO)nn2C(=O)OC(C)(C)C.[C-]#[N+]C1=C(C)NC(C)=C(C#N)C1c1ccc2c(c1)c(NCCO[Si](C)(C)C(C)(C)C)nn2C(=O)OC(C)(C)C. The molecular weight excluding hydrogens is 1300 g/mol. The van der Waals surface area contributed by atoms with Gasteiger partial charge in [-0.25, -0.2) is 24.1 Å². The number of carbonyl (C=O) groups excluding carboxylic acids is 2. The molecule has 3 atom stereocenters. The lowest BCUT2D eigenvalue weighted by Gasteiger charge is -2.36. The van der Waals surface area contributed by atoms with Gasteiger partial charge in [0.2, 0.25) is 0 Å². The van der Waals surface area contributed by atoms with E-state index in [2.05, 4.69) is 124 Å². The number of allylic oxidation sites excluding steroid dienone is 9. The van der Waals surface area contributed by atoms with Crippen LogP contribution in [-0.4, -0.2) is 137 Å². The van der Waals surface area contributed by atoms with E-state index in [-0.39, 0.29) is 24.1 Å². The van der Waals surface area contributed by atoms with Crippen LogP contribution < -0.4 is 31.9 Å². The minimum absolute atomic E-state index is 0.0953. The number of aliphatic hydroxyl groups excluding tert-OH is 1. The van der Waals surface area contributed by atoms with Crippen molar-refractivity contribution in [2.45, 2.75) is 151 Å². The Morgan fingerprint density at radius 1 is 0.604 bits per heavy atom. The number of hydrogen-bond acceptors (Lipinski definition) is 20. The first-order valence-electron chi connectivity index (χ1n) is 33.4. The quantitative estimate of drug-likeness (QED) is 0.0269. The van der Waals surface area contributed by atoms with Gasteiger partial charge in [-0.05, 0) is 154 Å². The molecule has 0 amide bonds. The highest BCUT2D eigenvalue weighted by Crippen LogP contribution is 2.44. The monoisotopic (exact) mass is 1390 g/mol. The molecule has 4 aliphatic rings. The van der Waals surface area contributed by atoms with Crippen LogP contribution in [0.1, 0.15) is 138 Å². The summed E-state index contributed by atoms with van der Waals surface area (Å²) in [5.41, 5.74) is 10.5. The molecule has 3 aromatic heterocycles. The number of H-pyrrole nitrogens is 1. The molecule has 3 unspecified atom stereocenters. The number of nitrogens with one attached hydrogen (secondary N) is 7. The van der Waals surface area contributed by atoms with Crippen LogP contribution in [0, 0.1) is 53.7 Å². The van der Waals surface area contributed by atoms with Crippen molar-refractivity contribution in [2.75, 3.05) is 81.6 Å². The number of ether oxygens (including phenoxy) is 3. The van der Waals surface area contributed by atoms with Crippen LogP contribution in [0.3, 0.4) is 0 Å². The van der Waals surface area contributed by atoms with E-state index in [0.29, 0.717) is 91.8 Å². The Morgan fingerprint density at radius 2 is 1.00 bits per heavy atom. The van der Waals surface area contributed by atoms with Crippen LogP contribution in [0.5, 0.6) is 0 Å². The lowest BCUT2D eigenvalue weighted by atomic mass is 9.84. The zero-order valence-electron chi connectivity index (χ0n) is 60.8. The van der Waals surface area contributed by atoms with Crippen molar-refractivity contribution in [3.8, 4) is 18.2 Å². The van der Waals surface area contributed by atoms with Gasteiger partial charge in [-0.1, -0.05) is 39.0 Å². The summed E-state index contributed by atoms with van der Waals surface area (Å²) in [7, 11) is -1.92. The number of aromatic amines is 1. The Balaban J connectivity index is 0.000000194. The molecule has 10 rings (SSSR count). The number of anilines is 3. The van der Waals surface area contributed by atoms with E-state index in [1.54, 1.807) is 39.0 Å². The summed E-state index contributed by atoms with van der Waals surface area (Å²) in [5, 5.41) is 76.7. The van der Waals surface area contributed by atoms with Gasteiger partial charge >= 0.3 is 12.2 Å². The normalized spacial score (nSPS) is 17.6.